The Morgan fingerprint density at radius 2 is 1.78 bits per heavy atom. The maximum absolute atomic E-state index is 12.2. The second kappa shape index (κ2) is 9.48. The van der Waals surface area contributed by atoms with Crippen LogP contribution < -0.4 is 4.74 Å². The minimum Gasteiger partial charge on any atom is -0.486 e. The van der Waals surface area contributed by atoms with Crippen molar-refractivity contribution in [1.82, 2.24) is 9.88 Å². The number of carbonyl (C=O) groups is 1. The molecule has 0 atom stereocenters. The maximum Gasteiger partial charge on any atom is 0.253 e. The third-order valence-corrected chi connectivity index (χ3v) is 6.55. The van der Waals surface area contributed by atoms with Gasteiger partial charge in [-0.05, 0) is 42.8 Å². The summed E-state index contributed by atoms with van der Waals surface area (Å²) in [5, 5.41) is 9.85. The van der Waals surface area contributed by atoms with Gasteiger partial charge >= 0.3 is 0 Å². The number of carbonyl (C=O) groups excluding carboxylic acids is 1. The summed E-state index contributed by atoms with van der Waals surface area (Å²) in [4.78, 5) is 18.2. The summed E-state index contributed by atoms with van der Waals surface area (Å²) in [6.07, 6.45) is 3.30. The van der Waals surface area contributed by atoms with Gasteiger partial charge in [-0.15, -0.1) is 0 Å². The van der Waals surface area contributed by atoms with E-state index in [1.807, 2.05) is 42.5 Å². The zero-order valence-electron chi connectivity index (χ0n) is 20.6. The lowest BCUT2D eigenvalue weighted by Crippen LogP contribution is -2.38. The fourth-order valence-electron chi connectivity index (χ4n) is 4.39. The summed E-state index contributed by atoms with van der Waals surface area (Å²) in [6, 6.07) is 19.0. The Morgan fingerprint density at radius 3 is 2.47 bits per heavy atom. The molecule has 0 unspecified atom stereocenters. The van der Waals surface area contributed by atoms with Crippen LogP contribution in [0.1, 0.15) is 35.7 Å². The Morgan fingerprint density at radius 1 is 1.06 bits per heavy atom. The van der Waals surface area contributed by atoms with Crippen molar-refractivity contribution in [2.45, 2.75) is 25.4 Å². The molecule has 36 heavy (non-hydrogen) atoms. The van der Waals surface area contributed by atoms with E-state index in [0.29, 0.717) is 47.0 Å². The van der Waals surface area contributed by atoms with Gasteiger partial charge in [0.25, 0.3) is 5.91 Å². The van der Waals surface area contributed by atoms with Crippen molar-refractivity contribution in [2.24, 2.45) is 0 Å². The number of rotatable bonds is 5. The number of ether oxygens (including phenoxy) is 2. The summed E-state index contributed by atoms with van der Waals surface area (Å²) in [6.45, 7) is 3.37. The number of fused-ring (bicyclic) bond motifs is 1. The average Bonchev–Trinajstić information content (AvgIpc) is 3.33. The largest absolute Gasteiger partial charge is 0.486 e. The Hall–Kier alpha value is -4.15. The van der Waals surface area contributed by atoms with E-state index in [-0.39, 0.29) is 11.5 Å². The first kappa shape index (κ1) is 23.6. The van der Waals surface area contributed by atoms with Gasteiger partial charge in [-0.2, -0.15) is 5.26 Å². The third-order valence-electron chi connectivity index (χ3n) is 6.55. The number of nitrogens with zero attached hydrogens (tertiary/aromatic N) is 3. The van der Waals surface area contributed by atoms with Crippen LogP contribution in [0.25, 0.3) is 33.6 Å². The minimum atomic E-state index is -0.349. The zero-order valence-corrected chi connectivity index (χ0v) is 20.6. The molecule has 1 fully saturated rings. The minimum absolute atomic E-state index is 0.0540. The van der Waals surface area contributed by atoms with E-state index in [1.165, 1.54) is 0 Å². The van der Waals surface area contributed by atoms with E-state index in [2.05, 4.69) is 18.0 Å². The Labute approximate surface area is 209 Å². The second-order valence-electron chi connectivity index (χ2n) is 9.45. The molecule has 0 radical (unpaired) electrons. The van der Waals surface area contributed by atoms with Crippen molar-refractivity contribution < 1.29 is 18.7 Å². The van der Waals surface area contributed by atoms with Crippen LogP contribution in [0.5, 0.6) is 5.75 Å². The van der Waals surface area contributed by atoms with Crippen molar-refractivity contribution in [1.29, 1.82) is 5.26 Å². The highest BCUT2D eigenvalue weighted by Gasteiger charge is 2.30. The van der Waals surface area contributed by atoms with Crippen LogP contribution in [0, 0.1) is 11.3 Å². The van der Waals surface area contributed by atoms with Gasteiger partial charge < -0.3 is 18.8 Å². The first-order valence-corrected chi connectivity index (χ1v) is 11.9. The molecular formula is C29H27N3O4. The molecule has 1 aliphatic rings. The van der Waals surface area contributed by atoms with Gasteiger partial charge in [-0.1, -0.05) is 18.2 Å². The molecule has 7 nitrogen and oxygen atoms in total. The van der Waals surface area contributed by atoms with Gasteiger partial charge in [-0.25, -0.2) is 0 Å². The van der Waals surface area contributed by atoms with Crippen LogP contribution in [0.15, 0.2) is 65.2 Å². The molecule has 182 valence electrons. The predicted octanol–water partition coefficient (Wildman–Crippen LogP) is 5.68. The Bertz CT molecular complexity index is 1460. The molecule has 0 saturated carbocycles. The van der Waals surface area contributed by atoms with Crippen LogP contribution in [0.3, 0.4) is 0 Å². The van der Waals surface area contributed by atoms with Crippen molar-refractivity contribution in [3.8, 4) is 34.3 Å². The predicted molar refractivity (Wildman–Crippen MR) is 137 cm³/mol. The van der Waals surface area contributed by atoms with Gasteiger partial charge in [0.2, 0.25) is 0 Å². The van der Waals surface area contributed by atoms with Crippen LogP contribution >= 0.6 is 0 Å². The van der Waals surface area contributed by atoms with E-state index in [9.17, 15) is 10.1 Å². The highest BCUT2D eigenvalue weighted by atomic mass is 16.5. The Kier molecular flexibility index (Phi) is 6.21. The third kappa shape index (κ3) is 4.56. The van der Waals surface area contributed by atoms with Crippen molar-refractivity contribution in [3.63, 3.8) is 0 Å². The van der Waals surface area contributed by atoms with Crippen LogP contribution in [0.2, 0.25) is 0 Å². The molecule has 1 amide bonds. The van der Waals surface area contributed by atoms with Gasteiger partial charge in [0, 0.05) is 55.9 Å². The summed E-state index contributed by atoms with van der Waals surface area (Å²) in [5.41, 5.74) is 4.61. The molecule has 3 heterocycles. The highest BCUT2D eigenvalue weighted by molar-refractivity contribution is 5.95. The van der Waals surface area contributed by atoms with E-state index >= 15 is 0 Å². The second-order valence-corrected chi connectivity index (χ2v) is 9.45. The summed E-state index contributed by atoms with van der Waals surface area (Å²) in [7, 11) is 3.45. The number of pyridine rings is 1. The maximum atomic E-state index is 12.2. The normalized spacial score (nSPS) is 14.8. The summed E-state index contributed by atoms with van der Waals surface area (Å²) < 4.78 is 18.0. The monoisotopic (exact) mass is 481 g/mol. The van der Waals surface area contributed by atoms with Gasteiger partial charge in [0.1, 0.15) is 28.7 Å². The molecule has 5 rings (SSSR count). The molecule has 7 heteroatoms. The number of nitriles is 1. The van der Waals surface area contributed by atoms with E-state index < -0.39 is 0 Å². The summed E-state index contributed by atoms with van der Waals surface area (Å²) >= 11 is 0. The number of furan rings is 1. The fourth-order valence-corrected chi connectivity index (χ4v) is 4.39. The number of benzene rings is 2. The van der Waals surface area contributed by atoms with Crippen molar-refractivity contribution in [2.75, 3.05) is 27.3 Å². The first-order chi connectivity index (χ1) is 17.4. The Balaban J connectivity index is 1.47. The fraction of sp³-hybridized carbons (Fsp3) is 0.276. The van der Waals surface area contributed by atoms with Crippen LogP contribution in [-0.4, -0.2) is 48.7 Å². The van der Waals surface area contributed by atoms with E-state index in [0.717, 1.165) is 29.5 Å². The number of amides is 1. The van der Waals surface area contributed by atoms with Crippen LogP contribution in [-0.2, 0) is 4.74 Å². The molecule has 0 bridgehead atoms. The number of hydrogen-bond donors (Lipinski definition) is 0. The topological polar surface area (TPSA) is 88.6 Å². The molecule has 2 aromatic carbocycles. The molecule has 0 aliphatic carbocycles. The molecule has 4 aromatic rings. The lowest BCUT2D eigenvalue weighted by molar-refractivity contribution is -0.0344. The first-order valence-electron chi connectivity index (χ1n) is 11.9. The van der Waals surface area contributed by atoms with E-state index in [1.54, 1.807) is 37.3 Å². The standard InChI is InChI=1S/C29H27N3O4/c1-29(11-14-34-15-12-29)36-25-9-8-21(16-22(25)18-30)23-10-13-31-24-17-26(35-27(23)24)19-4-6-20(7-5-19)28(33)32(2)3/h4-10,13,16-17H,11-12,14-15H2,1-3H3. The van der Waals surface area contributed by atoms with E-state index in [4.69, 9.17) is 13.9 Å². The van der Waals surface area contributed by atoms with Crippen molar-refractivity contribution in [3.05, 3.63) is 71.9 Å². The highest BCUT2D eigenvalue weighted by Crippen LogP contribution is 2.36. The lowest BCUT2D eigenvalue weighted by Gasteiger charge is -2.34. The SMILES string of the molecule is CN(C)C(=O)c1ccc(-c2cc3nccc(-c4ccc(OC5(C)CCOCC5)c(C#N)c4)c3o2)cc1. The van der Waals surface area contributed by atoms with Gasteiger partial charge in [0.05, 0.1) is 18.8 Å². The summed E-state index contributed by atoms with van der Waals surface area (Å²) in [5.74, 6) is 1.17. The average molecular weight is 482 g/mol. The zero-order chi connectivity index (χ0) is 25.3. The van der Waals surface area contributed by atoms with Gasteiger partial charge in [-0.3, -0.25) is 9.78 Å². The van der Waals surface area contributed by atoms with Gasteiger partial charge in [0.15, 0.2) is 5.58 Å². The van der Waals surface area contributed by atoms with Crippen molar-refractivity contribution >= 4 is 17.0 Å². The number of aromatic nitrogens is 1. The molecule has 0 spiro atoms. The molecule has 0 N–H and O–H groups in total. The molecular weight excluding hydrogens is 454 g/mol. The molecule has 1 saturated heterocycles. The van der Waals surface area contributed by atoms with Crippen LogP contribution in [0.4, 0.5) is 0 Å². The lowest BCUT2D eigenvalue weighted by atomic mass is 9.96. The number of hydrogen-bond acceptors (Lipinski definition) is 6. The molecule has 2 aromatic heterocycles. The molecule has 1 aliphatic heterocycles. The quantitative estimate of drug-likeness (QED) is 0.364. The smallest absolute Gasteiger partial charge is 0.253 e.